The van der Waals surface area contributed by atoms with E-state index in [-0.39, 0.29) is 11.0 Å². The van der Waals surface area contributed by atoms with Crippen molar-refractivity contribution in [1.29, 1.82) is 0 Å². The Morgan fingerprint density at radius 1 is 1.27 bits per heavy atom. The van der Waals surface area contributed by atoms with E-state index in [1.807, 2.05) is 0 Å². The molecule has 4 heterocycles. The van der Waals surface area contributed by atoms with Gasteiger partial charge in [-0.05, 0) is 37.7 Å². The summed E-state index contributed by atoms with van der Waals surface area (Å²) in [6.07, 6.45) is 3.52. The van der Waals surface area contributed by atoms with E-state index < -0.39 is 0 Å². The van der Waals surface area contributed by atoms with Crippen LogP contribution >= 0.6 is 23.2 Å². The van der Waals surface area contributed by atoms with Gasteiger partial charge in [0.25, 0.3) is 5.56 Å². The van der Waals surface area contributed by atoms with E-state index in [4.69, 9.17) is 32.9 Å². The fourth-order valence-electron chi connectivity index (χ4n) is 4.79. The third-order valence-electron chi connectivity index (χ3n) is 6.49. The third-order valence-corrected chi connectivity index (χ3v) is 7.30. The number of aromatic nitrogens is 4. The summed E-state index contributed by atoms with van der Waals surface area (Å²) in [6.45, 7) is 4.67. The molecule has 2 aromatic heterocycles. The number of piperidine rings is 1. The molecule has 1 spiro atoms. The molecule has 5 rings (SSSR count). The summed E-state index contributed by atoms with van der Waals surface area (Å²) >= 11 is 12.5. The van der Waals surface area contributed by atoms with Gasteiger partial charge in [0.2, 0.25) is 5.95 Å². The van der Waals surface area contributed by atoms with Crippen LogP contribution in [0, 0.1) is 5.41 Å². The maximum absolute atomic E-state index is 13.3. The van der Waals surface area contributed by atoms with E-state index in [1.54, 1.807) is 29.8 Å². The molecule has 1 aromatic carbocycles. The van der Waals surface area contributed by atoms with Crippen LogP contribution < -0.4 is 10.5 Å². The van der Waals surface area contributed by atoms with Crippen molar-refractivity contribution in [3.63, 3.8) is 0 Å². The highest BCUT2D eigenvalue weighted by Crippen LogP contribution is 2.42. The first-order valence-electron chi connectivity index (χ1n) is 10.1. The first-order valence-corrected chi connectivity index (χ1v) is 10.9. The number of ether oxygens (including phenoxy) is 1. The van der Waals surface area contributed by atoms with Gasteiger partial charge in [-0.3, -0.25) is 14.5 Å². The minimum atomic E-state index is -0.159. The zero-order chi connectivity index (χ0) is 21.0. The Kier molecular flexibility index (Phi) is 4.80. The maximum Gasteiger partial charge on any atom is 0.266 e. The molecule has 1 N–H and O–H groups in total. The molecule has 2 aliphatic heterocycles. The summed E-state index contributed by atoms with van der Waals surface area (Å²) in [7, 11) is 1.76. The predicted molar refractivity (Wildman–Crippen MR) is 118 cm³/mol. The number of fused-ring (bicyclic) bond motifs is 1. The van der Waals surface area contributed by atoms with Gasteiger partial charge in [0.1, 0.15) is 11.1 Å². The molecule has 9 heteroatoms. The summed E-state index contributed by atoms with van der Waals surface area (Å²) in [4.78, 5) is 20.2. The number of benzene rings is 1. The molecule has 1 atom stereocenters. The van der Waals surface area contributed by atoms with Crippen molar-refractivity contribution in [1.82, 2.24) is 19.7 Å². The van der Waals surface area contributed by atoms with E-state index in [9.17, 15) is 4.79 Å². The van der Waals surface area contributed by atoms with Gasteiger partial charge in [0, 0.05) is 25.7 Å². The summed E-state index contributed by atoms with van der Waals surface area (Å²) in [6, 6.07) is 5.29. The van der Waals surface area contributed by atoms with Crippen molar-refractivity contribution < 1.29 is 4.74 Å². The van der Waals surface area contributed by atoms with Gasteiger partial charge in [-0.2, -0.15) is 10.1 Å². The molecular formula is C21H23Cl2N5O2. The van der Waals surface area contributed by atoms with Crippen molar-refractivity contribution in [2.24, 2.45) is 12.5 Å². The topological polar surface area (TPSA) is 76.0 Å². The van der Waals surface area contributed by atoms with Crippen LogP contribution in [-0.4, -0.2) is 45.5 Å². The van der Waals surface area contributed by atoms with Gasteiger partial charge in [0.15, 0.2) is 5.65 Å². The van der Waals surface area contributed by atoms with Crippen molar-refractivity contribution in [3.8, 4) is 11.3 Å². The first kappa shape index (κ1) is 19.8. The van der Waals surface area contributed by atoms with Crippen molar-refractivity contribution in [2.75, 3.05) is 24.6 Å². The highest BCUT2D eigenvalue weighted by atomic mass is 35.5. The molecule has 0 amide bonds. The van der Waals surface area contributed by atoms with E-state index in [2.05, 4.69) is 22.0 Å². The maximum atomic E-state index is 13.3. The molecule has 7 nitrogen and oxygen atoms in total. The summed E-state index contributed by atoms with van der Waals surface area (Å²) in [5, 5.41) is 8.45. The lowest BCUT2D eigenvalue weighted by Gasteiger charge is -2.39. The van der Waals surface area contributed by atoms with Crippen LogP contribution in [0.2, 0.25) is 10.0 Å². The van der Waals surface area contributed by atoms with E-state index >= 15 is 0 Å². The molecule has 2 aliphatic rings. The lowest BCUT2D eigenvalue weighted by Crippen LogP contribution is -2.43. The minimum absolute atomic E-state index is 0.159. The lowest BCUT2D eigenvalue weighted by atomic mass is 9.77. The summed E-state index contributed by atoms with van der Waals surface area (Å²) in [5.41, 5.74) is 1.64. The van der Waals surface area contributed by atoms with Crippen molar-refractivity contribution in [2.45, 2.75) is 32.3 Å². The minimum Gasteiger partial charge on any atom is -0.378 e. The van der Waals surface area contributed by atoms with Crippen LogP contribution in [0.3, 0.4) is 0 Å². The standard InChI is InChI=1S/C21H23Cl2N5O2/c1-12-10-21(11-30-12)6-8-28(9-7-21)20-24-18-15(19(29)27(20)2)17(25-26-18)13-4-3-5-14(22)16(13)23/h3-5,12H,6-11H2,1-2H3,(H,25,26)/t12-/m0/s1. The first-order chi connectivity index (χ1) is 14.4. The number of H-pyrrole nitrogens is 1. The van der Waals surface area contributed by atoms with Gasteiger partial charge < -0.3 is 9.64 Å². The van der Waals surface area contributed by atoms with Crippen LogP contribution in [0.5, 0.6) is 0 Å². The summed E-state index contributed by atoms with van der Waals surface area (Å²) < 4.78 is 7.43. The van der Waals surface area contributed by atoms with Crippen molar-refractivity contribution in [3.05, 3.63) is 38.6 Å². The molecule has 158 valence electrons. The fourth-order valence-corrected chi connectivity index (χ4v) is 5.18. The second kappa shape index (κ2) is 7.25. The molecule has 30 heavy (non-hydrogen) atoms. The quantitative estimate of drug-likeness (QED) is 0.641. The highest BCUT2D eigenvalue weighted by Gasteiger charge is 2.41. The molecule has 0 unspecified atom stereocenters. The van der Waals surface area contributed by atoms with Crippen LogP contribution in [0.15, 0.2) is 23.0 Å². The number of nitrogens with one attached hydrogen (secondary N) is 1. The van der Waals surface area contributed by atoms with E-state index in [0.717, 1.165) is 39.0 Å². The zero-order valence-corrected chi connectivity index (χ0v) is 18.4. The molecule has 3 aromatic rings. The third kappa shape index (κ3) is 3.11. The Morgan fingerprint density at radius 2 is 2.03 bits per heavy atom. The zero-order valence-electron chi connectivity index (χ0n) is 16.9. The Balaban J connectivity index is 1.51. The molecule has 0 radical (unpaired) electrons. The molecule has 0 aliphatic carbocycles. The van der Waals surface area contributed by atoms with Gasteiger partial charge in [0.05, 0.1) is 22.8 Å². The molecule has 0 saturated carbocycles. The van der Waals surface area contributed by atoms with E-state index in [0.29, 0.717) is 44.4 Å². The lowest BCUT2D eigenvalue weighted by molar-refractivity contribution is 0.0974. The normalized spacial score (nSPS) is 21.1. The number of hydrogen-bond donors (Lipinski definition) is 1. The van der Waals surface area contributed by atoms with Crippen LogP contribution in [0.25, 0.3) is 22.3 Å². The second-order valence-corrected chi connectivity index (χ2v) is 9.27. The molecule has 2 saturated heterocycles. The number of nitrogens with zero attached hydrogens (tertiary/aromatic N) is 4. The molecular weight excluding hydrogens is 425 g/mol. The van der Waals surface area contributed by atoms with Crippen LogP contribution in [0.4, 0.5) is 5.95 Å². The molecule has 0 bridgehead atoms. The smallest absolute Gasteiger partial charge is 0.266 e. The van der Waals surface area contributed by atoms with Gasteiger partial charge in [-0.1, -0.05) is 35.3 Å². The SMILES string of the molecule is C[C@H]1CC2(CCN(c3nc4[nH]nc(-c5cccc(Cl)c5Cl)c4c(=O)n3C)CC2)CO1. The largest absolute Gasteiger partial charge is 0.378 e. The number of rotatable bonds is 2. The van der Waals surface area contributed by atoms with Gasteiger partial charge in [-0.25, -0.2) is 0 Å². The predicted octanol–water partition coefficient (Wildman–Crippen LogP) is 4.03. The van der Waals surface area contributed by atoms with Gasteiger partial charge >= 0.3 is 0 Å². The summed E-state index contributed by atoms with van der Waals surface area (Å²) in [5.74, 6) is 0.654. The number of hydrogen-bond acceptors (Lipinski definition) is 5. The number of halogens is 2. The van der Waals surface area contributed by atoms with Crippen LogP contribution in [-0.2, 0) is 11.8 Å². The van der Waals surface area contributed by atoms with E-state index in [1.165, 1.54) is 0 Å². The Bertz CT molecular complexity index is 1180. The Morgan fingerprint density at radius 3 is 2.73 bits per heavy atom. The average Bonchev–Trinajstić information content (AvgIpc) is 3.31. The van der Waals surface area contributed by atoms with Crippen LogP contribution in [0.1, 0.15) is 26.2 Å². The molecule has 2 fully saturated rings. The second-order valence-electron chi connectivity index (χ2n) is 8.49. The van der Waals surface area contributed by atoms with Gasteiger partial charge in [-0.15, -0.1) is 0 Å². The number of anilines is 1. The Labute approximate surface area is 183 Å². The fraction of sp³-hybridized carbons (Fsp3) is 0.476. The average molecular weight is 448 g/mol. The number of aromatic amines is 1. The van der Waals surface area contributed by atoms with Crippen molar-refractivity contribution >= 4 is 40.2 Å². The highest BCUT2D eigenvalue weighted by molar-refractivity contribution is 6.43. The Hall–Kier alpha value is -2.09. The monoisotopic (exact) mass is 447 g/mol.